The number of hydrogen-bond donors (Lipinski definition) is 6. The van der Waals surface area contributed by atoms with E-state index in [0.29, 0.717) is 19.4 Å². The van der Waals surface area contributed by atoms with E-state index in [0.717, 1.165) is 22.0 Å². The molecule has 0 bridgehead atoms. The van der Waals surface area contributed by atoms with Gasteiger partial charge in [0.05, 0.1) is 6.04 Å². The van der Waals surface area contributed by atoms with Gasteiger partial charge in [-0.25, -0.2) is 0 Å². The number of benzene rings is 2. The van der Waals surface area contributed by atoms with Crippen LogP contribution in [0.3, 0.4) is 0 Å². The summed E-state index contributed by atoms with van der Waals surface area (Å²) in [5.41, 5.74) is 8.61. The van der Waals surface area contributed by atoms with Crippen LogP contribution in [0, 0.1) is 0 Å². The molecule has 0 spiro atoms. The molecule has 1 aromatic heterocycles. The number of aliphatic carboxylic acids is 1. The second-order valence-electron chi connectivity index (χ2n) is 9.40. The summed E-state index contributed by atoms with van der Waals surface area (Å²) in [6, 6.07) is 11.2. The highest BCUT2D eigenvalue weighted by Crippen LogP contribution is 2.22. The molecule has 11 nitrogen and oxygen atoms in total. The molecule has 1 aliphatic heterocycles. The van der Waals surface area contributed by atoms with Gasteiger partial charge in [0.25, 0.3) is 0 Å². The van der Waals surface area contributed by atoms with Gasteiger partial charge in [-0.15, -0.1) is 0 Å². The average molecular weight is 522 g/mol. The molecule has 0 aliphatic carbocycles. The van der Waals surface area contributed by atoms with Crippen LogP contribution in [0.5, 0.6) is 5.75 Å². The summed E-state index contributed by atoms with van der Waals surface area (Å²) < 4.78 is 0. The summed E-state index contributed by atoms with van der Waals surface area (Å²) in [4.78, 5) is 55.0. The lowest BCUT2D eigenvalue weighted by Crippen LogP contribution is -2.56. The van der Waals surface area contributed by atoms with E-state index >= 15 is 0 Å². The Labute approximate surface area is 219 Å². The van der Waals surface area contributed by atoms with Gasteiger partial charge in [0.15, 0.2) is 0 Å². The maximum atomic E-state index is 13.3. The van der Waals surface area contributed by atoms with Gasteiger partial charge >= 0.3 is 5.97 Å². The molecule has 1 fully saturated rings. The zero-order valence-corrected chi connectivity index (χ0v) is 20.7. The molecule has 0 radical (unpaired) electrons. The van der Waals surface area contributed by atoms with Crippen LogP contribution < -0.4 is 16.4 Å². The number of carbonyl (C=O) groups excluding carboxylic acids is 3. The molecular formula is C27H31N5O6. The molecule has 3 aromatic rings. The zero-order valence-electron chi connectivity index (χ0n) is 20.7. The topological polar surface area (TPSA) is 178 Å². The van der Waals surface area contributed by atoms with E-state index < -0.39 is 42.5 Å². The van der Waals surface area contributed by atoms with Crippen LogP contribution in [0.2, 0.25) is 0 Å². The number of phenols is 1. The number of phenolic OH excluding ortho intramolecular Hbond substituents is 1. The van der Waals surface area contributed by atoms with Crippen molar-refractivity contribution in [3.63, 3.8) is 0 Å². The quantitative estimate of drug-likeness (QED) is 0.227. The van der Waals surface area contributed by atoms with Crippen LogP contribution in [0.4, 0.5) is 0 Å². The number of hydrogen-bond acceptors (Lipinski definition) is 6. The molecule has 38 heavy (non-hydrogen) atoms. The number of para-hydroxylation sites is 1. The summed E-state index contributed by atoms with van der Waals surface area (Å²) >= 11 is 0. The van der Waals surface area contributed by atoms with Crippen LogP contribution in [-0.2, 0) is 32.0 Å². The molecule has 200 valence electrons. The number of H-pyrrole nitrogens is 1. The summed E-state index contributed by atoms with van der Waals surface area (Å²) in [5, 5.41) is 24.4. The maximum absolute atomic E-state index is 13.3. The Hall–Kier alpha value is -4.38. The fourth-order valence-corrected chi connectivity index (χ4v) is 4.77. The first kappa shape index (κ1) is 26.7. The average Bonchev–Trinajstić information content (AvgIpc) is 3.55. The molecule has 2 heterocycles. The number of aromatic nitrogens is 1. The number of rotatable bonds is 10. The standard InChI is InChI=1S/C27H31N5O6/c28-20(12-16-7-9-18(33)10-8-16)27(38)32-11-3-6-23(32)26(37)31-22(25(36)30-15-24(34)35)13-17-14-29-21-5-2-1-4-19(17)21/h1-2,4-5,7-10,14,20,22-23,29,33H,3,6,11-13,15,28H2,(H,30,36)(H,31,37)(H,34,35). The monoisotopic (exact) mass is 521 g/mol. The lowest BCUT2D eigenvalue weighted by atomic mass is 10.0. The highest BCUT2D eigenvalue weighted by atomic mass is 16.4. The van der Waals surface area contributed by atoms with E-state index in [9.17, 15) is 24.3 Å². The van der Waals surface area contributed by atoms with Gasteiger partial charge in [-0.3, -0.25) is 19.2 Å². The zero-order chi connectivity index (χ0) is 27.2. The number of aromatic amines is 1. The first-order valence-electron chi connectivity index (χ1n) is 12.4. The molecule has 0 saturated carbocycles. The summed E-state index contributed by atoms with van der Waals surface area (Å²) in [7, 11) is 0. The molecule has 3 amide bonds. The number of fused-ring (bicyclic) bond motifs is 1. The minimum absolute atomic E-state index is 0.111. The Morgan fingerprint density at radius 1 is 1.08 bits per heavy atom. The van der Waals surface area contributed by atoms with E-state index in [1.807, 2.05) is 24.3 Å². The number of likely N-dealkylation sites (tertiary alicyclic amines) is 1. The number of carboxylic acid groups (broad SMARTS) is 1. The smallest absolute Gasteiger partial charge is 0.322 e. The fourth-order valence-electron chi connectivity index (χ4n) is 4.77. The molecule has 7 N–H and O–H groups in total. The number of nitrogens with one attached hydrogen (secondary N) is 3. The Morgan fingerprint density at radius 2 is 1.82 bits per heavy atom. The van der Waals surface area contributed by atoms with Gasteiger partial charge in [-0.2, -0.15) is 0 Å². The van der Waals surface area contributed by atoms with Crippen molar-refractivity contribution in [2.24, 2.45) is 5.73 Å². The molecular weight excluding hydrogens is 490 g/mol. The van der Waals surface area contributed by atoms with Crippen LogP contribution in [0.15, 0.2) is 54.7 Å². The minimum Gasteiger partial charge on any atom is -0.508 e. The second-order valence-corrected chi connectivity index (χ2v) is 9.40. The summed E-state index contributed by atoms with van der Waals surface area (Å²) in [6.07, 6.45) is 3.14. The lowest BCUT2D eigenvalue weighted by Gasteiger charge is -2.28. The van der Waals surface area contributed by atoms with Gasteiger partial charge in [-0.05, 0) is 48.6 Å². The van der Waals surface area contributed by atoms with Crippen LogP contribution in [0.25, 0.3) is 10.9 Å². The first-order valence-corrected chi connectivity index (χ1v) is 12.4. The molecule has 11 heteroatoms. The van der Waals surface area contributed by atoms with Crippen molar-refractivity contribution in [1.29, 1.82) is 0 Å². The van der Waals surface area contributed by atoms with E-state index in [1.54, 1.807) is 18.3 Å². The Balaban J connectivity index is 1.47. The fraction of sp³-hybridized carbons (Fsp3) is 0.333. The van der Waals surface area contributed by atoms with E-state index in [4.69, 9.17) is 10.8 Å². The Morgan fingerprint density at radius 3 is 2.55 bits per heavy atom. The van der Waals surface area contributed by atoms with Crippen molar-refractivity contribution in [3.05, 3.63) is 65.9 Å². The van der Waals surface area contributed by atoms with Gasteiger partial charge in [0.1, 0.15) is 24.4 Å². The summed E-state index contributed by atoms with van der Waals surface area (Å²) in [6.45, 7) is -0.224. The Kier molecular flexibility index (Phi) is 8.27. The van der Waals surface area contributed by atoms with Crippen molar-refractivity contribution < 1.29 is 29.4 Å². The van der Waals surface area contributed by atoms with Gasteiger partial charge < -0.3 is 36.5 Å². The van der Waals surface area contributed by atoms with Crippen LogP contribution in [0.1, 0.15) is 24.0 Å². The van der Waals surface area contributed by atoms with Gasteiger partial charge in [0, 0.05) is 30.1 Å². The van der Waals surface area contributed by atoms with Crippen LogP contribution in [-0.4, -0.2) is 75.0 Å². The molecule has 1 saturated heterocycles. The predicted molar refractivity (Wildman–Crippen MR) is 139 cm³/mol. The van der Waals surface area contributed by atoms with Crippen molar-refractivity contribution in [1.82, 2.24) is 20.5 Å². The van der Waals surface area contributed by atoms with Crippen molar-refractivity contribution in [2.75, 3.05) is 13.1 Å². The molecule has 4 rings (SSSR count). The Bertz CT molecular complexity index is 1320. The number of carbonyl (C=O) groups is 4. The van der Waals surface area contributed by atoms with E-state index in [-0.39, 0.29) is 24.5 Å². The normalized spacial score (nSPS) is 16.7. The minimum atomic E-state index is -1.20. The summed E-state index contributed by atoms with van der Waals surface area (Å²) in [5.74, 6) is -2.60. The van der Waals surface area contributed by atoms with Gasteiger partial charge in [0.2, 0.25) is 17.7 Å². The first-order chi connectivity index (χ1) is 18.2. The molecule has 3 unspecified atom stereocenters. The van der Waals surface area contributed by atoms with E-state index in [1.165, 1.54) is 17.0 Å². The van der Waals surface area contributed by atoms with Crippen molar-refractivity contribution >= 4 is 34.6 Å². The molecule has 1 aliphatic rings. The number of nitrogens with zero attached hydrogens (tertiary/aromatic N) is 1. The SMILES string of the molecule is NC(Cc1ccc(O)cc1)C(=O)N1CCCC1C(=O)NC(Cc1c[nH]c2ccccc12)C(=O)NCC(=O)O. The lowest BCUT2D eigenvalue weighted by molar-refractivity contribution is -0.141. The molecule has 2 aromatic carbocycles. The molecule has 3 atom stereocenters. The van der Waals surface area contributed by atoms with Crippen LogP contribution >= 0.6 is 0 Å². The van der Waals surface area contributed by atoms with E-state index in [2.05, 4.69) is 15.6 Å². The van der Waals surface area contributed by atoms with Crippen molar-refractivity contribution in [3.8, 4) is 5.75 Å². The second kappa shape index (κ2) is 11.8. The highest BCUT2D eigenvalue weighted by Gasteiger charge is 2.37. The van der Waals surface area contributed by atoms with Crippen molar-refractivity contribution in [2.45, 2.75) is 43.8 Å². The third-order valence-corrected chi connectivity index (χ3v) is 6.69. The maximum Gasteiger partial charge on any atom is 0.322 e. The third kappa shape index (κ3) is 6.30. The van der Waals surface area contributed by atoms with Gasteiger partial charge in [-0.1, -0.05) is 30.3 Å². The number of amides is 3. The number of nitrogens with two attached hydrogens (primary N) is 1. The largest absolute Gasteiger partial charge is 0.508 e. The number of carboxylic acids is 1. The number of aromatic hydroxyl groups is 1. The predicted octanol–water partition coefficient (Wildman–Crippen LogP) is 0.663. The highest BCUT2D eigenvalue weighted by molar-refractivity contribution is 5.94. The third-order valence-electron chi connectivity index (χ3n) is 6.69.